The Balaban J connectivity index is 2.20. The molecule has 0 spiro atoms. The third kappa shape index (κ3) is 2.79. The molecule has 0 aliphatic carbocycles. The van der Waals surface area contributed by atoms with Crippen molar-refractivity contribution in [2.24, 2.45) is 0 Å². The molecule has 1 aromatic rings. The topological polar surface area (TPSA) is 81.5 Å². The van der Waals surface area contributed by atoms with Crippen LogP contribution in [-0.4, -0.2) is 36.0 Å². The van der Waals surface area contributed by atoms with E-state index in [0.29, 0.717) is 12.1 Å². The van der Waals surface area contributed by atoms with E-state index >= 15 is 0 Å². The number of nitrogens with one attached hydrogen (secondary N) is 1. The van der Waals surface area contributed by atoms with Gasteiger partial charge in [0.2, 0.25) is 11.6 Å². The van der Waals surface area contributed by atoms with Crippen molar-refractivity contribution < 1.29 is 19.1 Å². The number of methoxy groups -OCH3 is 1. The zero-order chi connectivity index (χ0) is 14.7. The fraction of sp³-hybridized carbons (Fsp3) is 0.357. The largest absolute Gasteiger partial charge is 0.618 e. The van der Waals surface area contributed by atoms with Gasteiger partial charge in [-0.2, -0.15) is 4.74 Å². The summed E-state index contributed by atoms with van der Waals surface area (Å²) in [4.78, 5) is 22.8. The highest BCUT2D eigenvalue weighted by molar-refractivity contribution is 5.84. The van der Waals surface area contributed by atoms with Gasteiger partial charge < -0.3 is 15.3 Å². The number of esters is 1. The Labute approximate surface area is 116 Å². The Bertz CT molecular complexity index is 568. The van der Waals surface area contributed by atoms with Crippen molar-refractivity contribution in [3.8, 4) is 0 Å². The molecule has 0 saturated heterocycles. The molecule has 6 heteroatoms. The number of ether oxygens (including phenoxy) is 1. The predicted molar refractivity (Wildman–Crippen MR) is 72.8 cm³/mol. The first-order valence-corrected chi connectivity index (χ1v) is 6.28. The number of amides is 1. The average molecular weight is 276 g/mol. The second kappa shape index (κ2) is 5.73. The molecule has 106 valence electrons. The lowest BCUT2D eigenvalue weighted by Crippen LogP contribution is -2.41. The molecule has 0 bridgehead atoms. The molecule has 2 atom stereocenters. The van der Waals surface area contributed by atoms with Crippen molar-refractivity contribution in [2.45, 2.75) is 25.3 Å². The summed E-state index contributed by atoms with van der Waals surface area (Å²) in [5.74, 6) is -1.05. The van der Waals surface area contributed by atoms with Gasteiger partial charge in [0.05, 0.1) is 13.0 Å². The molecule has 1 N–H and O–H groups in total. The minimum Gasteiger partial charge on any atom is -0.618 e. The van der Waals surface area contributed by atoms with Crippen molar-refractivity contribution in [3.63, 3.8) is 0 Å². The van der Waals surface area contributed by atoms with Crippen LogP contribution in [0.15, 0.2) is 24.3 Å². The van der Waals surface area contributed by atoms with Crippen molar-refractivity contribution in [1.82, 2.24) is 5.32 Å². The van der Waals surface area contributed by atoms with Crippen LogP contribution in [0.5, 0.6) is 0 Å². The zero-order valence-corrected chi connectivity index (χ0v) is 11.3. The summed E-state index contributed by atoms with van der Waals surface area (Å²) in [5.41, 5.74) is 1.42. The molecule has 1 aliphatic heterocycles. The third-order valence-corrected chi connectivity index (χ3v) is 3.24. The van der Waals surface area contributed by atoms with Crippen LogP contribution in [0.1, 0.15) is 24.8 Å². The number of hydrogen-bond donors (Lipinski definition) is 1. The molecule has 0 radical (unpaired) electrons. The van der Waals surface area contributed by atoms with Crippen LogP contribution < -0.4 is 5.32 Å². The van der Waals surface area contributed by atoms with Crippen LogP contribution in [0.25, 0.3) is 0 Å². The smallest absolute Gasteiger partial charge is 0.328 e. The highest BCUT2D eigenvalue weighted by Crippen LogP contribution is 2.33. The van der Waals surface area contributed by atoms with E-state index in [1.807, 2.05) is 12.1 Å². The molecule has 2 rings (SSSR count). The van der Waals surface area contributed by atoms with Crippen LogP contribution in [0.3, 0.4) is 0 Å². The van der Waals surface area contributed by atoms with Gasteiger partial charge in [0.15, 0.2) is 6.21 Å². The molecule has 1 amide bonds. The number of carbonyl (C=O) groups is 2. The zero-order valence-electron chi connectivity index (χ0n) is 11.3. The van der Waals surface area contributed by atoms with E-state index in [1.54, 1.807) is 12.1 Å². The summed E-state index contributed by atoms with van der Waals surface area (Å²) in [6, 6.07) is 6.43. The Hall–Kier alpha value is -2.37. The van der Waals surface area contributed by atoms with Crippen molar-refractivity contribution >= 4 is 23.8 Å². The maximum atomic E-state index is 11.8. The second-order valence-corrected chi connectivity index (χ2v) is 4.65. The highest BCUT2D eigenvalue weighted by atomic mass is 16.5. The molecule has 20 heavy (non-hydrogen) atoms. The van der Waals surface area contributed by atoms with Crippen molar-refractivity contribution in [2.75, 3.05) is 7.11 Å². The van der Waals surface area contributed by atoms with Gasteiger partial charge >= 0.3 is 5.97 Å². The van der Waals surface area contributed by atoms with E-state index in [-0.39, 0.29) is 11.8 Å². The van der Waals surface area contributed by atoms with E-state index in [4.69, 9.17) is 0 Å². The van der Waals surface area contributed by atoms with Gasteiger partial charge in [0.25, 0.3) is 0 Å². The van der Waals surface area contributed by atoms with Gasteiger partial charge in [-0.25, -0.2) is 4.79 Å². The van der Waals surface area contributed by atoms with E-state index in [9.17, 15) is 14.8 Å². The molecular weight excluding hydrogens is 260 g/mol. The second-order valence-electron chi connectivity index (χ2n) is 4.65. The molecular formula is C14H16N2O4. The van der Waals surface area contributed by atoms with Gasteiger partial charge in [-0.15, -0.1) is 0 Å². The lowest BCUT2D eigenvalue weighted by molar-refractivity contribution is -0.351. The van der Waals surface area contributed by atoms with Gasteiger partial charge in [-0.1, -0.05) is 18.2 Å². The first kappa shape index (κ1) is 14.0. The number of para-hydroxylation sites is 1. The molecule has 0 aromatic heterocycles. The number of rotatable bonds is 4. The van der Waals surface area contributed by atoms with Crippen molar-refractivity contribution in [1.29, 1.82) is 0 Å². The molecule has 1 aliphatic rings. The summed E-state index contributed by atoms with van der Waals surface area (Å²) in [6.07, 6.45) is 1.80. The molecule has 1 unspecified atom stereocenters. The molecule has 0 fully saturated rings. The SMILES string of the molecule is COC(=O)[C@H](CC1C=[N+]([O-])c2ccccc21)NC(C)=O. The third-order valence-electron chi connectivity index (χ3n) is 3.24. The maximum Gasteiger partial charge on any atom is 0.328 e. The summed E-state index contributed by atoms with van der Waals surface area (Å²) in [6.45, 7) is 1.34. The fourth-order valence-electron chi connectivity index (χ4n) is 2.37. The minimum atomic E-state index is -0.765. The number of carbonyl (C=O) groups excluding carboxylic acids is 2. The van der Waals surface area contributed by atoms with Gasteiger partial charge in [-0.3, -0.25) is 4.79 Å². The van der Waals surface area contributed by atoms with Crippen LogP contribution in [0.4, 0.5) is 5.69 Å². The monoisotopic (exact) mass is 276 g/mol. The summed E-state index contributed by atoms with van der Waals surface area (Å²) in [7, 11) is 1.27. The number of nitrogens with zero attached hydrogens (tertiary/aromatic N) is 1. The lowest BCUT2D eigenvalue weighted by atomic mass is 9.94. The Morgan fingerprint density at radius 1 is 1.45 bits per heavy atom. The quantitative estimate of drug-likeness (QED) is 0.506. The maximum absolute atomic E-state index is 11.8. The van der Waals surface area contributed by atoms with Gasteiger partial charge in [0.1, 0.15) is 6.04 Å². The van der Waals surface area contributed by atoms with Crippen LogP contribution in [-0.2, 0) is 14.3 Å². The standard InChI is InChI=1S/C14H16N2O4/c1-9(17)15-12(14(18)20-2)7-10-8-16(19)13-6-4-3-5-11(10)13/h3-6,8,10,12H,7H2,1-2H3,(H,15,17)/t10?,12-/m0/s1. The number of benzene rings is 1. The predicted octanol–water partition coefficient (Wildman–Crippen LogP) is 1.06. The lowest BCUT2D eigenvalue weighted by Gasteiger charge is -2.17. The molecule has 6 nitrogen and oxygen atoms in total. The molecule has 0 saturated carbocycles. The van der Waals surface area contributed by atoms with Gasteiger partial charge in [0, 0.05) is 18.6 Å². The molecule has 1 aromatic carbocycles. The van der Waals surface area contributed by atoms with E-state index in [0.717, 1.165) is 10.3 Å². The van der Waals surface area contributed by atoms with E-state index < -0.39 is 12.0 Å². The first-order valence-electron chi connectivity index (χ1n) is 6.28. The van der Waals surface area contributed by atoms with Gasteiger partial charge in [-0.05, 0) is 6.42 Å². The van der Waals surface area contributed by atoms with Crippen LogP contribution in [0.2, 0.25) is 0 Å². The average Bonchev–Trinajstić information content (AvgIpc) is 2.74. The Morgan fingerprint density at radius 2 is 2.15 bits per heavy atom. The summed E-state index contributed by atoms with van der Waals surface area (Å²) in [5, 5.41) is 14.3. The van der Waals surface area contributed by atoms with E-state index in [1.165, 1.54) is 20.2 Å². The Kier molecular flexibility index (Phi) is 4.02. The minimum absolute atomic E-state index is 0.223. The first-order chi connectivity index (χ1) is 9.52. The normalized spacial score (nSPS) is 17.9. The fourth-order valence-corrected chi connectivity index (χ4v) is 2.37. The van der Waals surface area contributed by atoms with Crippen molar-refractivity contribution in [3.05, 3.63) is 35.0 Å². The van der Waals surface area contributed by atoms with E-state index in [2.05, 4.69) is 10.1 Å². The summed E-state index contributed by atoms with van der Waals surface area (Å²) >= 11 is 0. The van der Waals surface area contributed by atoms with Crippen LogP contribution in [0, 0.1) is 5.21 Å². The molecule has 1 heterocycles. The Morgan fingerprint density at radius 3 is 2.80 bits per heavy atom. The highest BCUT2D eigenvalue weighted by Gasteiger charge is 2.32. The number of fused-ring (bicyclic) bond motifs is 1. The number of hydrogen-bond acceptors (Lipinski definition) is 4. The van der Waals surface area contributed by atoms with Crippen LogP contribution >= 0.6 is 0 Å². The summed E-state index contributed by atoms with van der Waals surface area (Å²) < 4.78 is 5.47.